The third-order valence-electron chi connectivity index (χ3n) is 5.19. The molecule has 152 valence electrons. The molecule has 0 radical (unpaired) electrons. The van der Waals surface area contributed by atoms with Crippen molar-refractivity contribution in [3.8, 4) is 11.4 Å². The van der Waals surface area contributed by atoms with Crippen molar-refractivity contribution in [3.63, 3.8) is 0 Å². The Hall–Kier alpha value is -2.75. The maximum atomic E-state index is 12.1. The highest BCUT2D eigenvalue weighted by molar-refractivity contribution is 8.00. The molecule has 29 heavy (non-hydrogen) atoms. The number of nitrogens with zero attached hydrogens (tertiary/aromatic N) is 4. The molecule has 2 aliphatic rings. The van der Waals surface area contributed by atoms with Gasteiger partial charge in [-0.3, -0.25) is 4.79 Å². The van der Waals surface area contributed by atoms with Gasteiger partial charge in [-0.15, -0.1) is 20.4 Å². The van der Waals surface area contributed by atoms with Gasteiger partial charge >= 0.3 is 6.03 Å². The van der Waals surface area contributed by atoms with E-state index in [9.17, 15) is 9.59 Å². The van der Waals surface area contributed by atoms with Crippen molar-refractivity contribution in [2.75, 3.05) is 5.75 Å². The molecule has 9 nitrogen and oxygen atoms in total. The van der Waals surface area contributed by atoms with Crippen molar-refractivity contribution in [2.24, 2.45) is 0 Å². The average Bonchev–Trinajstić information content (AvgIpc) is 3.30. The van der Waals surface area contributed by atoms with Crippen LogP contribution in [0, 0.1) is 0 Å². The van der Waals surface area contributed by atoms with Crippen LogP contribution >= 0.6 is 11.8 Å². The largest absolute Gasteiger partial charge is 0.352 e. The third kappa shape index (κ3) is 5.00. The minimum Gasteiger partial charge on any atom is -0.352 e. The molecule has 3 heterocycles. The average molecular weight is 414 g/mol. The Morgan fingerprint density at radius 2 is 1.93 bits per heavy atom. The Morgan fingerprint density at radius 1 is 1.14 bits per heavy atom. The van der Waals surface area contributed by atoms with E-state index in [4.69, 9.17) is 0 Å². The molecular weight excluding hydrogens is 390 g/mol. The Bertz CT molecular complexity index is 849. The lowest BCUT2D eigenvalue weighted by Gasteiger charge is -2.16. The molecular formula is C19H23N7O2S. The van der Waals surface area contributed by atoms with Crippen molar-refractivity contribution in [1.82, 2.24) is 36.3 Å². The molecule has 2 saturated heterocycles. The number of urea groups is 1. The van der Waals surface area contributed by atoms with Crippen LogP contribution in [0.15, 0.2) is 30.6 Å². The second kappa shape index (κ2) is 9.17. The Labute approximate surface area is 172 Å². The topological polar surface area (TPSA) is 122 Å². The number of hydrogen-bond donors (Lipinski definition) is 3. The van der Waals surface area contributed by atoms with Gasteiger partial charge in [0.25, 0.3) is 0 Å². The quantitative estimate of drug-likeness (QED) is 0.440. The molecule has 2 aromatic rings. The van der Waals surface area contributed by atoms with E-state index < -0.39 is 0 Å². The molecule has 2 fully saturated rings. The van der Waals surface area contributed by atoms with Crippen LogP contribution in [-0.2, 0) is 11.3 Å². The molecule has 3 atom stereocenters. The van der Waals surface area contributed by atoms with Crippen LogP contribution < -0.4 is 16.0 Å². The molecule has 0 unspecified atom stereocenters. The molecule has 0 spiro atoms. The SMILES string of the molecule is O=C(CCCC[C@@H]1SC[C@@H]2NC(=O)N[C@@H]21)NCc1ccc(-c2nncnn2)cc1. The van der Waals surface area contributed by atoms with Gasteiger partial charge in [-0.25, -0.2) is 4.79 Å². The summed E-state index contributed by atoms with van der Waals surface area (Å²) in [5.74, 6) is 1.50. The van der Waals surface area contributed by atoms with Crippen molar-refractivity contribution in [1.29, 1.82) is 0 Å². The summed E-state index contributed by atoms with van der Waals surface area (Å²) < 4.78 is 0. The van der Waals surface area contributed by atoms with Crippen LogP contribution in [0.3, 0.4) is 0 Å². The summed E-state index contributed by atoms with van der Waals surface area (Å²) >= 11 is 1.91. The number of benzene rings is 1. The molecule has 0 aliphatic carbocycles. The fourth-order valence-electron chi connectivity index (χ4n) is 3.65. The van der Waals surface area contributed by atoms with Gasteiger partial charge in [-0.05, 0) is 18.4 Å². The third-order valence-corrected chi connectivity index (χ3v) is 6.70. The molecule has 2 aliphatic heterocycles. The second-order valence-corrected chi connectivity index (χ2v) is 8.48. The Morgan fingerprint density at radius 3 is 2.72 bits per heavy atom. The first-order chi connectivity index (χ1) is 14.2. The zero-order valence-electron chi connectivity index (χ0n) is 15.9. The van der Waals surface area contributed by atoms with Gasteiger partial charge in [0.2, 0.25) is 11.7 Å². The Kier molecular flexibility index (Phi) is 6.18. The predicted molar refractivity (Wildman–Crippen MR) is 109 cm³/mol. The first-order valence-corrected chi connectivity index (χ1v) is 10.8. The van der Waals surface area contributed by atoms with E-state index in [2.05, 4.69) is 36.3 Å². The number of carbonyl (C=O) groups is 2. The highest BCUT2D eigenvalue weighted by atomic mass is 32.2. The summed E-state index contributed by atoms with van der Waals surface area (Å²) in [6, 6.07) is 8.09. The Balaban J connectivity index is 1.14. The smallest absolute Gasteiger partial charge is 0.315 e. The number of thioether (sulfide) groups is 1. The van der Waals surface area contributed by atoms with Crippen molar-refractivity contribution >= 4 is 23.7 Å². The van der Waals surface area contributed by atoms with Crippen LogP contribution in [-0.4, -0.2) is 55.4 Å². The zero-order chi connectivity index (χ0) is 20.1. The lowest BCUT2D eigenvalue weighted by molar-refractivity contribution is -0.121. The number of amides is 3. The minimum atomic E-state index is -0.0534. The maximum absolute atomic E-state index is 12.1. The number of rotatable bonds is 8. The normalized spacial score (nSPS) is 22.6. The van der Waals surface area contributed by atoms with Gasteiger partial charge in [0.15, 0.2) is 6.33 Å². The maximum Gasteiger partial charge on any atom is 0.315 e. The molecule has 0 saturated carbocycles. The monoisotopic (exact) mass is 413 g/mol. The van der Waals surface area contributed by atoms with Gasteiger partial charge in [-0.2, -0.15) is 11.8 Å². The summed E-state index contributed by atoms with van der Waals surface area (Å²) in [4.78, 5) is 23.5. The van der Waals surface area contributed by atoms with E-state index >= 15 is 0 Å². The zero-order valence-corrected chi connectivity index (χ0v) is 16.7. The molecule has 4 rings (SSSR count). The van der Waals surface area contributed by atoms with Gasteiger partial charge in [0.05, 0.1) is 12.1 Å². The molecule has 10 heteroatoms. The van der Waals surface area contributed by atoms with Crippen LogP contribution in [0.1, 0.15) is 31.2 Å². The van der Waals surface area contributed by atoms with Gasteiger partial charge in [0, 0.05) is 29.5 Å². The standard InChI is InChI=1S/C19H23N7O2S/c27-16(4-2-1-3-15-17-14(10-29-15)23-19(28)24-17)20-9-12-5-7-13(8-6-12)18-25-21-11-22-26-18/h5-8,11,14-15,17H,1-4,9-10H2,(H,20,27)(H2,23,24,28)/t14-,15-,17-/m0/s1. The summed E-state index contributed by atoms with van der Waals surface area (Å²) in [6.45, 7) is 0.491. The van der Waals surface area contributed by atoms with E-state index in [0.717, 1.165) is 36.1 Å². The number of hydrogen-bond acceptors (Lipinski definition) is 7. The van der Waals surface area contributed by atoms with Crippen LogP contribution in [0.5, 0.6) is 0 Å². The summed E-state index contributed by atoms with van der Waals surface area (Å²) in [5.41, 5.74) is 1.85. The van der Waals surface area contributed by atoms with E-state index in [1.54, 1.807) is 0 Å². The molecule has 1 aromatic carbocycles. The predicted octanol–water partition coefficient (Wildman–Crippen LogP) is 1.28. The lowest BCUT2D eigenvalue weighted by Crippen LogP contribution is -2.36. The van der Waals surface area contributed by atoms with Crippen molar-refractivity contribution in [2.45, 2.75) is 49.6 Å². The second-order valence-electron chi connectivity index (χ2n) is 7.21. The molecule has 3 N–H and O–H groups in total. The van der Waals surface area contributed by atoms with Gasteiger partial charge in [-0.1, -0.05) is 30.7 Å². The van der Waals surface area contributed by atoms with Crippen molar-refractivity contribution < 1.29 is 9.59 Å². The number of aromatic nitrogens is 4. The lowest BCUT2D eigenvalue weighted by atomic mass is 10.0. The van der Waals surface area contributed by atoms with Crippen LogP contribution in [0.2, 0.25) is 0 Å². The summed E-state index contributed by atoms with van der Waals surface area (Å²) in [7, 11) is 0. The minimum absolute atomic E-state index is 0.0534. The first-order valence-electron chi connectivity index (χ1n) is 9.74. The highest BCUT2D eigenvalue weighted by Gasteiger charge is 2.42. The number of unbranched alkanes of at least 4 members (excludes halogenated alkanes) is 1. The van der Waals surface area contributed by atoms with Crippen LogP contribution in [0.4, 0.5) is 4.79 Å². The first kappa shape index (κ1) is 19.6. The van der Waals surface area contributed by atoms with E-state index in [-0.39, 0.29) is 24.0 Å². The highest BCUT2D eigenvalue weighted by Crippen LogP contribution is 2.33. The van der Waals surface area contributed by atoms with E-state index in [0.29, 0.717) is 24.0 Å². The number of nitrogens with one attached hydrogen (secondary N) is 3. The summed E-state index contributed by atoms with van der Waals surface area (Å²) in [5, 5.41) is 24.7. The van der Waals surface area contributed by atoms with Gasteiger partial charge < -0.3 is 16.0 Å². The van der Waals surface area contributed by atoms with E-state index in [1.807, 2.05) is 36.0 Å². The van der Waals surface area contributed by atoms with Crippen molar-refractivity contribution in [3.05, 3.63) is 36.2 Å². The molecule has 3 amide bonds. The molecule has 0 bridgehead atoms. The number of fused-ring (bicyclic) bond motifs is 1. The fraction of sp³-hybridized carbons (Fsp3) is 0.474. The summed E-state index contributed by atoms with van der Waals surface area (Å²) in [6.07, 6.45) is 4.67. The van der Waals surface area contributed by atoms with Gasteiger partial charge in [0.1, 0.15) is 0 Å². The molecule has 1 aromatic heterocycles. The van der Waals surface area contributed by atoms with E-state index in [1.165, 1.54) is 6.33 Å². The fourth-order valence-corrected chi connectivity index (χ4v) is 5.20. The number of carbonyl (C=O) groups excluding carboxylic acids is 2. The van der Waals surface area contributed by atoms with Crippen LogP contribution in [0.25, 0.3) is 11.4 Å².